The van der Waals surface area contributed by atoms with Crippen LogP contribution in [0.2, 0.25) is 0 Å². The zero-order chi connectivity index (χ0) is 17.0. The molecule has 1 N–H and O–H groups in total. The van der Waals surface area contributed by atoms with Gasteiger partial charge in [-0.25, -0.2) is 0 Å². The SMILES string of the molecule is CCCn1ncc(C(=O)NC(c2ccccn2)C(F)(F)F)c1C. The van der Waals surface area contributed by atoms with Gasteiger partial charge in [0.1, 0.15) is 0 Å². The second kappa shape index (κ2) is 6.80. The molecule has 2 aromatic heterocycles. The summed E-state index contributed by atoms with van der Waals surface area (Å²) in [5.74, 6) is -0.821. The zero-order valence-corrected chi connectivity index (χ0v) is 12.8. The monoisotopic (exact) mass is 326 g/mol. The minimum Gasteiger partial charge on any atom is -0.335 e. The standard InChI is InChI=1S/C15H17F3N4O/c1-3-8-22-10(2)11(9-20-22)14(23)21-13(15(16,17)18)12-6-4-5-7-19-12/h4-7,9,13H,3,8H2,1-2H3,(H,21,23). The number of nitrogens with one attached hydrogen (secondary N) is 1. The normalized spacial score (nSPS) is 12.9. The molecule has 0 saturated heterocycles. The van der Waals surface area contributed by atoms with Crippen LogP contribution in [0.25, 0.3) is 0 Å². The van der Waals surface area contributed by atoms with Crippen molar-refractivity contribution in [3.05, 3.63) is 47.5 Å². The van der Waals surface area contributed by atoms with Gasteiger partial charge in [0.25, 0.3) is 5.91 Å². The van der Waals surface area contributed by atoms with E-state index in [9.17, 15) is 18.0 Å². The van der Waals surface area contributed by atoms with E-state index in [2.05, 4.69) is 10.1 Å². The Morgan fingerprint density at radius 1 is 1.39 bits per heavy atom. The molecule has 0 aromatic carbocycles. The highest BCUT2D eigenvalue weighted by molar-refractivity contribution is 5.95. The average molecular weight is 326 g/mol. The Morgan fingerprint density at radius 3 is 2.70 bits per heavy atom. The quantitative estimate of drug-likeness (QED) is 0.919. The summed E-state index contributed by atoms with van der Waals surface area (Å²) >= 11 is 0. The van der Waals surface area contributed by atoms with Crippen LogP contribution in [-0.4, -0.2) is 26.8 Å². The van der Waals surface area contributed by atoms with Crippen molar-refractivity contribution >= 4 is 5.91 Å². The summed E-state index contributed by atoms with van der Waals surface area (Å²) in [7, 11) is 0. The first-order chi connectivity index (χ1) is 10.8. The summed E-state index contributed by atoms with van der Waals surface area (Å²) in [6, 6.07) is 2.02. The molecule has 2 heterocycles. The van der Waals surface area contributed by atoms with Gasteiger partial charge in [0, 0.05) is 18.4 Å². The Bertz CT molecular complexity index is 667. The molecule has 0 saturated carbocycles. The third-order valence-corrected chi connectivity index (χ3v) is 3.37. The van der Waals surface area contributed by atoms with Gasteiger partial charge in [-0.15, -0.1) is 0 Å². The molecule has 0 bridgehead atoms. The number of hydrogen-bond acceptors (Lipinski definition) is 3. The number of aryl methyl sites for hydroxylation is 1. The average Bonchev–Trinajstić information content (AvgIpc) is 2.86. The Labute approximate surface area is 131 Å². The highest BCUT2D eigenvalue weighted by Crippen LogP contribution is 2.31. The fraction of sp³-hybridized carbons (Fsp3) is 0.400. The Kier molecular flexibility index (Phi) is 5.02. The molecule has 0 aliphatic carbocycles. The predicted octanol–water partition coefficient (Wildman–Crippen LogP) is 3.03. The number of hydrogen-bond donors (Lipinski definition) is 1. The second-order valence-electron chi connectivity index (χ2n) is 5.07. The number of carbonyl (C=O) groups is 1. The first-order valence-electron chi connectivity index (χ1n) is 7.15. The van der Waals surface area contributed by atoms with Crippen molar-refractivity contribution in [3.8, 4) is 0 Å². The van der Waals surface area contributed by atoms with Crippen molar-refractivity contribution in [3.63, 3.8) is 0 Å². The summed E-state index contributed by atoms with van der Waals surface area (Å²) in [5.41, 5.74) is 0.405. The van der Waals surface area contributed by atoms with E-state index in [1.54, 1.807) is 11.6 Å². The molecule has 2 rings (SSSR count). The molecule has 0 fully saturated rings. The van der Waals surface area contributed by atoms with Gasteiger partial charge in [0.2, 0.25) is 0 Å². The van der Waals surface area contributed by atoms with E-state index in [-0.39, 0.29) is 11.3 Å². The molecule has 1 atom stereocenters. The van der Waals surface area contributed by atoms with Crippen LogP contribution < -0.4 is 5.32 Å². The number of nitrogens with zero attached hydrogens (tertiary/aromatic N) is 3. The smallest absolute Gasteiger partial charge is 0.335 e. The van der Waals surface area contributed by atoms with E-state index in [1.807, 2.05) is 12.2 Å². The third kappa shape index (κ3) is 3.88. The fourth-order valence-corrected chi connectivity index (χ4v) is 2.19. The van der Waals surface area contributed by atoms with Gasteiger partial charge in [0.05, 0.1) is 17.5 Å². The number of carbonyl (C=O) groups excluding carboxylic acids is 1. The highest BCUT2D eigenvalue weighted by Gasteiger charge is 2.43. The lowest BCUT2D eigenvalue weighted by molar-refractivity contribution is -0.156. The molecule has 0 aliphatic heterocycles. The Hall–Kier alpha value is -2.38. The van der Waals surface area contributed by atoms with Gasteiger partial charge in [-0.2, -0.15) is 18.3 Å². The first-order valence-corrected chi connectivity index (χ1v) is 7.15. The lowest BCUT2D eigenvalue weighted by atomic mass is 10.1. The van der Waals surface area contributed by atoms with E-state index in [0.29, 0.717) is 12.2 Å². The van der Waals surface area contributed by atoms with Gasteiger partial charge in [-0.3, -0.25) is 14.5 Å². The molecule has 0 spiro atoms. The Balaban J connectivity index is 2.25. The van der Waals surface area contributed by atoms with Gasteiger partial charge in [-0.05, 0) is 25.5 Å². The third-order valence-electron chi connectivity index (χ3n) is 3.37. The molecule has 23 heavy (non-hydrogen) atoms. The van der Waals surface area contributed by atoms with E-state index in [0.717, 1.165) is 6.42 Å². The van der Waals surface area contributed by atoms with Crippen LogP contribution >= 0.6 is 0 Å². The van der Waals surface area contributed by atoms with Crippen LogP contribution in [0.3, 0.4) is 0 Å². The number of halogens is 3. The van der Waals surface area contributed by atoms with Crippen molar-refractivity contribution in [2.75, 3.05) is 0 Å². The lowest BCUT2D eigenvalue weighted by Crippen LogP contribution is -2.38. The fourth-order valence-electron chi connectivity index (χ4n) is 2.19. The van der Waals surface area contributed by atoms with E-state index < -0.39 is 18.1 Å². The number of amides is 1. The minimum atomic E-state index is -4.64. The maximum absolute atomic E-state index is 13.2. The molecule has 5 nitrogen and oxygen atoms in total. The Morgan fingerprint density at radius 2 is 2.13 bits per heavy atom. The second-order valence-corrected chi connectivity index (χ2v) is 5.07. The minimum absolute atomic E-state index is 0.128. The molecular weight excluding hydrogens is 309 g/mol. The lowest BCUT2D eigenvalue weighted by Gasteiger charge is -2.21. The topological polar surface area (TPSA) is 59.8 Å². The van der Waals surface area contributed by atoms with Gasteiger partial charge >= 0.3 is 6.18 Å². The zero-order valence-electron chi connectivity index (χ0n) is 12.8. The number of pyridine rings is 1. The summed E-state index contributed by atoms with van der Waals surface area (Å²) < 4.78 is 41.3. The van der Waals surface area contributed by atoms with E-state index in [4.69, 9.17) is 0 Å². The molecular formula is C15H17F3N4O. The van der Waals surface area contributed by atoms with Gasteiger partial charge in [0.15, 0.2) is 6.04 Å². The molecule has 1 amide bonds. The van der Waals surface area contributed by atoms with Crippen molar-refractivity contribution in [1.82, 2.24) is 20.1 Å². The van der Waals surface area contributed by atoms with E-state index >= 15 is 0 Å². The van der Waals surface area contributed by atoms with Crippen molar-refractivity contribution < 1.29 is 18.0 Å². The van der Waals surface area contributed by atoms with Crippen molar-refractivity contribution in [2.24, 2.45) is 0 Å². The maximum Gasteiger partial charge on any atom is 0.414 e. The maximum atomic E-state index is 13.2. The van der Waals surface area contributed by atoms with Crippen LogP contribution in [0, 0.1) is 6.92 Å². The number of alkyl halides is 3. The molecule has 124 valence electrons. The van der Waals surface area contributed by atoms with Gasteiger partial charge in [-0.1, -0.05) is 13.0 Å². The molecule has 2 aromatic rings. The molecule has 8 heteroatoms. The van der Waals surface area contributed by atoms with Gasteiger partial charge < -0.3 is 5.32 Å². The van der Waals surface area contributed by atoms with Crippen LogP contribution in [-0.2, 0) is 6.54 Å². The van der Waals surface area contributed by atoms with Crippen LogP contribution in [0.5, 0.6) is 0 Å². The largest absolute Gasteiger partial charge is 0.414 e. The van der Waals surface area contributed by atoms with Crippen molar-refractivity contribution in [2.45, 2.75) is 39.0 Å². The number of rotatable bonds is 5. The van der Waals surface area contributed by atoms with Crippen LogP contribution in [0.4, 0.5) is 13.2 Å². The predicted molar refractivity (Wildman–Crippen MR) is 77.8 cm³/mol. The molecule has 1 unspecified atom stereocenters. The summed E-state index contributed by atoms with van der Waals surface area (Å²) in [5, 5.41) is 6.03. The summed E-state index contributed by atoms with van der Waals surface area (Å²) in [4.78, 5) is 15.9. The van der Waals surface area contributed by atoms with Crippen LogP contribution in [0.1, 0.15) is 41.1 Å². The van der Waals surface area contributed by atoms with Crippen LogP contribution in [0.15, 0.2) is 30.6 Å². The summed E-state index contributed by atoms with van der Waals surface area (Å²) in [6.07, 6.45) is -1.29. The highest BCUT2D eigenvalue weighted by atomic mass is 19.4. The van der Waals surface area contributed by atoms with E-state index in [1.165, 1.54) is 30.6 Å². The molecule has 0 aliphatic rings. The number of aromatic nitrogens is 3. The summed E-state index contributed by atoms with van der Waals surface area (Å²) in [6.45, 7) is 4.20. The molecule has 0 radical (unpaired) electrons. The van der Waals surface area contributed by atoms with Crippen molar-refractivity contribution in [1.29, 1.82) is 0 Å². The first kappa shape index (κ1) is 17.0.